The van der Waals surface area contributed by atoms with Gasteiger partial charge in [0.1, 0.15) is 11.8 Å². The lowest BCUT2D eigenvalue weighted by Crippen LogP contribution is -2.53. The highest BCUT2D eigenvalue weighted by Crippen LogP contribution is 2.21. The minimum Gasteiger partial charge on any atom is -0.497 e. The number of benzene rings is 2. The Kier molecular flexibility index (Phi) is 9.50. The van der Waals surface area contributed by atoms with E-state index in [0.29, 0.717) is 12.2 Å². The number of ether oxygens (including phenoxy) is 1. The van der Waals surface area contributed by atoms with Crippen molar-refractivity contribution >= 4 is 21.8 Å². The molecule has 1 saturated carbocycles. The van der Waals surface area contributed by atoms with Crippen molar-refractivity contribution in [2.24, 2.45) is 0 Å². The molecule has 2 aromatic carbocycles. The molecule has 0 saturated heterocycles. The quantitative estimate of drug-likeness (QED) is 0.494. The van der Waals surface area contributed by atoms with E-state index in [4.69, 9.17) is 4.74 Å². The molecule has 196 valence electrons. The number of rotatable bonds is 11. The van der Waals surface area contributed by atoms with Gasteiger partial charge in [0.05, 0.1) is 18.6 Å². The maximum atomic E-state index is 13.6. The van der Waals surface area contributed by atoms with Gasteiger partial charge in [0.15, 0.2) is 0 Å². The van der Waals surface area contributed by atoms with Gasteiger partial charge < -0.3 is 15.0 Å². The zero-order valence-corrected chi connectivity index (χ0v) is 22.4. The number of carbonyl (C=O) groups excluding carboxylic acids is 2. The third kappa shape index (κ3) is 6.85. The number of carbonyl (C=O) groups is 2. The standard InChI is InChI=1S/C27H37N3O5S/c1-5-25(27(32)28-22-10-6-7-11-22)30(18-21-9-8-12-23(17-21)35-4)26(31)19-29(3)36(33,34)24-15-13-20(2)14-16-24/h8-9,12-17,22,25H,5-7,10-11,18-19H2,1-4H3,(H,28,32)/t25-/m1/s1. The second kappa shape index (κ2) is 12.4. The molecule has 9 heteroatoms. The van der Waals surface area contributed by atoms with Gasteiger partial charge >= 0.3 is 0 Å². The number of hydrogen-bond donors (Lipinski definition) is 1. The van der Waals surface area contributed by atoms with Crippen LogP contribution in [0.15, 0.2) is 53.4 Å². The molecule has 36 heavy (non-hydrogen) atoms. The maximum absolute atomic E-state index is 13.6. The Morgan fingerprint density at radius 2 is 1.78 bits per heavy atom. The van der Waals surface area contributed by atoms with Gasteiger partial charge in [-0.05, 0) is 56.0 Å². The normalized spacial score (nSPS) is 15.0. The van der Waals surface area contributed by atoms with Gasteiger partial charge in [-0.1, -0.05) is 49.6 Å². The molecule has 2 aromatic rings. The van der Waals surface area contributed by atoms with Crippen LogP contribution in [0, 0.1) is 6.92 Å². The summed E-state index contributed by atoms with van der Waals surface area (Å²) in [5.74, 6) is -0.00320. The molecule has 1 N–H and O–H groups in total. The molecule has 8 nitrogen and oxygen atoms in total. The summed E-state index contributed by atoms with van der Waals surface area (Å²) in [4.78, 5) is 28.5. The molecule has 1 aliphatic carbocycles. The molecule has 0 aliphatic heterocycles. The van der Waals surface area contributed by atoms with Crippen molar-refractivity contribution in [3.63, 3.8) is 0 Å². The molecule has 0 aromatic heterocycles. The smallest absolute Gasteiger partial charge is 0.243 e. The molecular formula is C27H37N3O5S. The third-order valence-electron chi connectivity index (χ3n) is 6.66. The Bertz CT molecular complexity index is 1140. The largest absolute Gasteiger partial charge is 0.497 e. The first-order valence-electron chi connectivity index (χ1n) is 12.4. The predicted octanol–water partition coefficient (Wildman–Crippen LogP) is 3.49. The highest BCUT2D eigenvalue weighted by atomic mass is 32.2. The summed E-state index contributed by atoms with van der Waals surface area (Å²) in [5, 5.41) is 3.10. The molecule has 0 radical (unpaired) electrons. The molecule has 1 atom stereocenters. The van der Waals surface area contributed by atoms with Gasteiger partial charge in [-0.3, -0.25) is 9.59 Å². The second-order valence-corrected chi connectivity index (χ2v) is 11.4. The fourth-order valence-electron chi connectivity index (χ4n) is 4.51. The first kappa shape index (κ1) is 27.7. The predicted molar refractivity (Wildman–Crippen MR) is 139 cm³/mol. The number of sulfonamides is 1. The third-order valence-corrected chi connectivity index (χ3v) is 8.48. The summed E-state index contributed by atoms with van der Waals surface area (Å²) in [6, 6.07) is 13.2. The van der Waals surface area contributed by atoms with Crippen LogP contribution in [-0.4, -0.2) is 62.2 Å². The maximum Gasteiger partial charge on any atom is 0.243 e. The van der Waals surface area contributed by atoms with Crippen LogP contribution in [0.25, 0.3) is 0 Å². The molecule has 0 spiro atoms. The van der Waals surface area contributed by atoms with E-state index in [1.807, 2.05) is 38.1 Å². The number of likely N-dealkylation sites (N-methyl/N-ethyl adjacent to an activating group) is 1. The van der Waals surface area contributed by atoms with Crippen LogP contribution in [0.1, 0.15) is 50.2 Å². The van der Waals surface area contributed by atoms with Gasteiger partial charge in [-0.25, -0.2) is 8.42 Å². The topological polar surface area (TPSA) is 96.0 Å². The molecule has 1 aliphatic rings. The minimum atomic E-state index is -3.87. The average Bonchev–Trinajstić information content (AvgIpc) is 3.37. The van der Waals surface area contributed by atoms with Crippen LogP contribution in [-0.2, 0) is 26.2 Å². The van der Waals surface area contributed by atoms with E-state index in [0.717, 1.165) is 41.1 Å². The fraction of sp³-hybridized carbons (Fsp3) is 0.481. The molecule has 0 unspecified atom stereocenters. The first-order chi connectivity index (χ1) is 17.1. The summed E-state index contributed by atoms with van der Waals surface area (Å²) < 4.78 is 32.6. The zero-order chi connectivity index (χ0) is 26.3. The summed E-state index contributed by atoms with van der Waals surface area (Å²) >= 11 is 0. The van der Waals surface area contributed by atoms with Gasteiger partial charge in [0, 0.05) is 19.6 Å². The van der Waals surface area contributed by atoms with E-state index < -0.39 is 22.0 Å². The molecular weight excluding hydrogens is 478 g/mol. The van der Waals surface area contributed by atoms with E-state index in [1.165, 1.54) is 24.1 Å². The Morgan fingerprint density at radius 1 is 1.11 bits per heavy atom. The van der Waals surface area contributed by atoms with Crippen molar-refractivity contribution in [1.82, 2.24) is 14.5 Å². The minimum absolute atomic E-state index is 0.116. The summed E-state index contributed by atoms with van der Waals surface area (Å²) in [5.41, 5.74) is 1.73. The van der Waals surface area contributed by atoms with Crippen molar-refractivity contribution in [2.75, 3.05) is 20.7 Å². The summed E-state index contributed by atoms with van der Waals surface area (Å²) in [6.45, 7) is 3.51. The Labute approximate surface area is 214 Å². The number of nitrogens with zero attached hydrogens (tertiary/aromatic N) is 2. The number of methoxy groups -OCH3 is 1. The lowest BCUT2D eigenvalue weighted by atomic mass is 10.1. The lowest BCUT2D eigenvalue weighted by Gasteiger charge is -2.32. The molecule has 1 fully saturated rings. The van der Waals surface area contributed by atoms with Gasteiger partial charge in [0.25, 0.3) is 0 Å². The monoisotopic (exact) mass is 515 g/mol. The Hall–Kier alpha value is -2.91. The molecule has 0 bridgehead atoms. The van der Waals surface area contributed by atoms with E-state index >= 15 is 0 Å². The van der Waals surface area contributed by atoms with Crippen molar-refractivity contribution < 1.29 is 22.7 Å². The van der Waals surface area contributed by atoms with E-state index in [2.05, 4.69) is 5.32 Å². The first-order valence-corrected chi connectivity index (χ1v) is 13.9. The molecule has 3 rings (SSSR count). The fourth-order valence-corrected chi connectivity index (χ4v) is 5.63. The zero-order valence-electron chi connectivity index (χ0n) is 21.6. The number of hydrogen-bond acceptors (Lipinski definition) is 5. The highest BCUT2D eigenvalue weighted by molar-refractivity contribution is 7.89. The van der Waals surface area contributed by atoms with Gasteiger partial charge in [-0.15, -0.1) is 0 Å². The van der Waals surface area contributed by atoms with Crippen molar-refractivity contribution in [3.8, 4) is 5.75 Å². The summed E-state index contributed by atoms with van der Waals surface area (Å²) in [7, 11) is -0.922. The van der Waals surface area contributed by atoms with E-state index in [9.17, 15) is 18.0 Å². The molecule has 2 amide bonds. The van der Waals surface area contributed by atoms with Crippen molar-refractivity contribution in [3.05, 3.63) is 59.7 Å². The van der Waals surface area contributed by atoms with Gasteiger partial charge in [0.2, 0.25) is 21.8 Å². The second-order valence-electron chi connectivity index (χ2n) is 9.36. The van der Waals surface area contributed by atoms with Crippen molar-refractivity contribution in [1.29, 1.82) is 0 Å². The van der Waals surface area contributed by atoms with Crippen LogP contribution in [0.2, 0.25) is 0 Å². The average molecular weight is 516 g/mol. The van der Waals surface area contributed by atoms with Crippen LogP contribution in [0.4, 0.5) is 0 Å². The Balaban J connectivity index is 1.85. The van der Waals surface area contributed by atoms with Crippen LogP contribution in [0.3, 0.4) is 0 Å². The SMILES string of the molecule is CC[C@H](C(=O)NC1CCCC1)N(Cc1cccc(OC)c1)C(=O)CN(C)S(=O)(=O)c1ccc(C)cc1. The van der Waals surface area contributed by atoms with Gasteiger partial charge in [-0.2, -0.15) is 4.31 Å². The van der Waals surface area contributed by atoms with Crippen LogP contribution >= 0.6 is 0 Å². The lowest BCUT2D eigenvalue weighted by molar-refractivity contribution is -0.141. The highest BCUT2D eigenvalue weighted by Gasteiger charge is 2.33. The van der Waals surface area contributed by atoms with E-state index in [-0.39, 0.29) is 29.9 Å². The van der Waals surface area contributed by atoms with Crippen LogP contribution < -0.4 is 10.1 Å². The Morgan fingerprint density at radius 3 is 2.39 bits per heavy atom. The molecule has 0 heterocycles. The van der Waals surface area contributed by atoms with E-state index in [1.54, 1.807) is 19.2 Å². The number of amides is 2. The number of aryl methyl sites for hydroxylation is 1. The van der Waals surface area contributed by atoms with Crippen molar-refractivity contribution in [2.45, 2.75) is 69.5 Å². The summed E-state index contributed by atoms with van der Waals surface area (Å²) in [6.07, 6.45) is 4.43. The van der Waals surface area contributed by atoms with Crippen LogP contribution in [0.5, 0.6) is 5.75 Å². The number of nitrogens with one attached hydrogen (secondary N) is 1.